The van der Waals surface area contributed by atoms with Crippen molar-refractivity contribution in [3.05, 3.63) is 93.3 Å². The van der Waals surface area contributed by atoms with Crippen LogP contribution in [0.15, 0.2) is 77.1 Å². The van der Waals surface area contributed by atoms with Crippen molar-refractivity contribution in [3.63, 3.8) is 0 Å². The van der Waals surface area contributed by atoms with Gasteiger partial charge in [0.05, 0.1) is 12.2 Å². The van der Waals surface area contributed by atoms with Crippen LogP contribution in [0, 0.1) is 0 Å². The number of ether oxygens (including phenoxy) is 1. The van der Waals surface area contributed by atoms with E-state index in [4.69, 9.17) is 16.3 Å². The van der Waals surface area contributed by atoms with Gasteiger partial charge < -0.3 is 10.1 Å². The number of rotatable bonds is 5. The molecule has 0 unspecified atom stereocenters. The Balaban J connectivity index is 1.79. The van der Waals surface area contributed by atoms with Gasteiger partial charge in [-0.05, 0) is 48.9 Å². The molecule has 2 atom stereocenters. The average molecular weight is 436 g/mol. The van der Waals surface area contributed by atoms with Crippen molar-refractivity contribution in [3.8, 4) is 0 Å². The lowest BCUT2D eigenvalue weighted by Crippen LogP contribution is -2.36. The van der Waals surface area contributed by atoms with Crippen molar-refractivity contribution < 1.29 is 14.3 Å². The van der Waals surface area contributed by atoms with E-state index < -0.39 is 5.92 Å². The molecule has 0 fully saturated rings. The molecule has 0 spiro atoms. The number of carbonyl (C=O) groups excluding carboxylic acids is 2. The van der Waals surface area contributed by atoms with Crippen LogP contribution in [0.1, 0.15) is 56.1 Å². The lowest BCUT2D eigenvalue weighted by atomic mass is 9.72. The Bertz CT molecular complexity index is 1070. The van der Waals surface area contributed by atoms with E-state index in [-0.39, 0.29) is 17.7 Å². The summed E-state index contributed by atoms with van der Waals surface area (Å²) in [7, 11) is 0. The first kappa shape index (κ1) is 21.4. The Morgan fingerprint density at radius 2 is 1.84 bits per heavy atom. The van der Waals surface area contributed by atoms with Gasteiger partial charge in [-0.15, -0.1) is 0 Å². The zero-order valence-electron chi connectivity index (χ0n) is 17.8. The van der Waals surface area contributed by atoms with Crippen molar-refractivity contribution in [1.82, 2.24) is 5.32 Å². The first-order valence-electron chi connectivity index (χ1n) is 10.7. The molecule has 1 N–H and O–H groups in total. The highest BCUT2D eigenvalue weighted by Gasteiger charge is 2.41. The molecule has 2 aromatic rings. The summed E-state index contributed by atoms with van der Waals surface area (Å²) >= 11 is 6.28. The van der Waals surface area contributed by atoms with Gasteiger partial charge in [-0.2, -0.15) is 0 Å². The Labute approximate surface area is 187 Å². The molecule has 5 heteroatoms. The van der Waals surface area contributed by atoms with E-state index >= 15 is 0 Å². The van der Waals surface area contributed by atoms with E-state index in [1.54, 1.807) is 6.07 Å². The second kappa shape index (κ2) is 9.11. The molecule has 4 rings (SSSR count). The van der Waals surface area contributed by atoms with Crippen LogP contribution in [0.2, 0.25) is 5.02 Å². The summed E-state index contributed by atoms with van der Waals surface area (Å²) in [5.74, 6) is -0.702. The van der Waals surface area contributed by atoms with Crippen molar-refractivity contribution >= 4 is 23.4 Å². The molecule has 160 valence electrons. The zero-order valence-corrected chi connectivity index (χ0v) is 18.5. The van der Waals surface area contributed by atoms with Crippen LogP contribution in [-0.4, -0.2) is 18.4 Å². The quantitative estimate of drug-likeness (QED) is 0.616. The number of allylic oxidation sites excluding steroid dienone is 3. The number of benzene rings is 2. The zero-order chi connectivity index (χ0) is 22.0. The second-order valence-electron chi connectivity index (χ2n) is 8.12. The smallest absolute Gasteiger partial charge is 0.336 e. The number of ketones is 1. The van der Waals surface area contributed by atoms with Crippen molar-refractivity contribution in [2.45, 2.75) is 44.9 Å². The lowest BCUT2D eigenvalue weighted by Gasteiger charge is -2.36. The van der Waals surface area contributed by atoms with Crippen LogP contribution in [-0.2, 0) is 14.3 Å². The highest BCUT2D eigenvalue weighted by atomic mass is 35.5. The average Bonchev–Trinajstić information content (AvgIpc) is 2.77. The number of Topliss-reactive ketones (excluding diaryl/α,β-unsaturated/α-hetero) is 1. The largest absolute Gasteiger partial charge is 0.462 e. The highest BCUT2D eigenvalue weighted by molar-refractivity contribution is 6.30. The summed E-state index contributed by atoms with van der Waals surface area (Å²) in [6.07, 6.45) is 1.87. The summed E-state index contributed by atoms with van der Waals surface area (Å²) in [6, 6.07) is 17.5. The first-order chi connectivity index (χ1) is 15.0. The number of hydrogen-bond acceptors (Lipinski definition) is 4. The molecule has 0 saturated carbocycles. The number of hydrogen-bond donors (Lipinski definition) is 1. The number of dihydropyridines is 1. The van der Waals surface area contributed by atoms with Gasteiger partial charge in [0.1, 0.15) is 0 Å². The number of halogens is 1. The third kappa shape index (κ3) is 4.31. The monoisotopic (exact) mass is 435 g/mol. The molecule has 31 heavy (non-hydrogen) atoms. The van der Waals surface area contributed by atoms with Crippen LogP contribution < -0.4 is 5.32 Å². The van der Waals surface area contributed by atoms with E-state index in [1.165, 1.54) is 0 Å². The third-order valence-corrected chi connectivity index (χ3v) is 6.17. The van der Waals surface area contributed by atoms with E-state index in [0.717, 1.165) is 35.4 Å². The van der Waals surface area contributed by atoms with Crippen molar-refractivity contribution in [1.29, 1.82) is 0 Å². The number of nitrogens with one attached hydrogen (secondary N) is 1. The maximum atomic E-state index is 13.5. The fourth-order valence-electron chi connectivity index (χ4n) is 4.56. The van der Waals surface area contributed by atoms with Crippen LogP contribution in [0.4, 0.5) is 0 Å². The Hall–Kier alpha value is -2.85. The van der Waals surface area contributed by atoms with Gasteiger partial charge in [0.25, 0.3) is 0 Å². The van der Waals surface area contributed by atoms with Gasteiger partial charge in [0.15, 0.2) is 5.78 Å². The van der Waals surface area contributed by atoms with Gasteiger partial charge >= 0.3 is 5.97 Å². The minimum absolute atomic E-state index is 0.0564. The van der Waals surface area contributed by atoms with Crippen LogP contribution in [0.3, 0.4) is 0 Å². The maximum Gasteiger partial charge on any atom is 0.336 e. The highest BCUT2D eigenvalue weighted by Crippen LogP contribution is 2.46. The molecule has 1 aliphatic carbocycles. The molecular weight excluding hydrogens is 410 g/mol. The van der Waals surface area contributed by atoms with Crippen LogP contribution in [0.5, 0.6) is 0 Å². The second-order valence-corrected chi connectivity index (χ2v) is 8.56. The Kier molecular flexibility index (Phi) is 6.28. The predicted molar refractivity (Wildman–Crippen MR) is 122 cm³/mol. The topological polar surface area (TPSA) is 55.4 Å². The standard InChI is InChI=1S/C26H26ClNO3/c1-3-12-31-26(30)23-16(2)28-21-14-19(17-8-5-4-6-9-17)15-22(29)25(21)24(23)18-10-7-11-20(27)13-18/h4-11,13,19,24,28H,3,12,14-15H2,1-2H3/t19-,24-/m1/s1. The molecule has 2 aliphatic rings. The van der Waals surface area contributed by atoms with E-state index in [9.17, 15) is 9.59 Å². The number of carbonyl (C=O) groups is 2. The van der Waals surface area contributed by atoms with Gasteiger partial charge in [-0.3, -0.25) is 4.79 Å². The minimum Gasteiger partial charge on any atom is -0.462 e. The van der Waals surface area contributed by atoms with Crippen LogP contribution >= 0.6 is 11.6 Å². The van der Waals surface area contributed by atoms with Crippen LogP contribution in [0.25, 0.3) is 0 Å². The van der Waals surface area contributed by atoms with Crippen molar-refractivity contribution in [2.24, 2.45) is 0 Å². The molecular formula is C26H26ClNO3. The minimum atomic E-state index is -0.483. The number of esters is 1. The molecule has 1 heterocycles. The molecule has 0 amide bonds. The molecule has 2 aromatic carbocycles. The lowest BCUT2D eigenvalue weighted by molar-refractivity contribution is -0.139. The van der Waals surface area contributed by atoms with Crippen molar-refractivity contribution in [2.75, 3.05) is 6.61 Å². The molecule has 4 nitrogen and oxygen atoms in total. The van der Waals surface area contributed by atoms with E-state index in [1.807, 2.05) is 50.2 Å². The summed E-state index contributed by atoms with van der Waals surface area (Å²) in [5, 5.41) is 3.95. The van der Waals surface area contributed by atoms with Gasteiger partial charge in [0, 0.05) is 34.3 Å². The fourth-order valence-corrected chi connectivity index (χ4v) is 4.76. The summed E-state index contributed by atoms with van der Waals surface area (Å²) in [4.78, 5) is 26.5. The SMILES string of the molecule is CCCOC(=O)C1=C(C)NC2=C(C(=O)C[C@H](c3ccccc3)C2)[C@@H]1c1cccc(Cl)c1. The molecule has 0 aromatic heterocycles. The molecule has 0 radical (unpaired) electrons. The fraction of sp³-hybridized carbons (Fsp3) is 0.308. The van der Waals surface area contributed by atoms with E-state index in [2.05, 4.69) is 17.4 Å². The van der Waals surface area contributed by atoms with Gasteiger partial charge in [-0.25, -0.2) is 4.79 Å². The Morgan fingerprint density at radius 1 is 1.10 bits per heavy atom. The van der Waals surface area contributed by atoms with Gasteiger partial charge in [-0.1, -0.05) is 61.0 Å². The first-order valence-corrected chi connectivity index (χ1v) is 11.1. The predicted octanol–water partition coefficient (Wildman–Crippen LogP) is 5.65. The summed E-state index contributed by atoms with van der Waals surface area (Å²) in [6.45, 7) is 4.17. The van der Waals surface area contributed by atoms with E-state index in [0.29, 0.717) is 29.2 Å². The molecule has 1 aliphatic heterocycles. The third-order valence-electron chi connectivity index (χ3n) is 5.94. The summed E-state index contributed by atoms with van der Waals surface area (Å²) in [5.41, 5.74) is 4.74. The molecule has 0 bridgehead atoms. The molecule has 0 saturated heterocycles. The van der Waals surface area contributed by atoms with Gasteiger partial charge in [0.2, 0.25) is 0 Å². The summed E-state index contributed by atoms with van der Waals surface area (Å²) < 4.78 is 5.48. The Morgan fingerprint density at radius 3 is 2.55 bits per heavy atom. The maximum absolute atomic E-state index is 13.5. The normalized spacial score (nSPS) is 20.9.